The molecular weight excluding hydrogens is 403 g/mol. The summed E-state index contributed by atoms with van der Waals surface area (Å²) in [6.07, 6.45) is 4.69. The van der Waals surface area contributed by atoms with Crippen molar-refractivity contribution < 1.29 is 4.74 Å². The Morgan fingerprint density at radius 2 is 2.00 bits per heavy atom. The molecule has 2 aliphatic rings. The normalized spacial score (nSPS) is 18.3. The van der Waals surface area contributed by atoms with Crippen molar-refractivity contribution >= 4 is 35.6 Å². The third kappa shape index (κ3) is 5.61. The van der Waals surface area contributed by atoms with Crippen LogP contribution >= 0.6 is 24.0 Å². The average molecular weight is 430 g/mol. The summed E-state index contributed by atoms with van der Waals surface area (Å²) in [6.45, 7) is 5.61. The molecule has 1 saturated heterocycles. The quantitative estimate of drug-likeness (QED) is 0.326. The van der Waals surface area contributed by atoms with Crippen molar-refractivity contribution in [2.45, 2.75) is 25.7 Å². The minimum Gasteiger partial charge on any atom is -0.379 e. The number of aliphatic imine (C=N–C) groups is 1. The Balaban J connectivity index is 0.00000192. The summed E-state index contributed by atoms with van der Waals surface area (Å²) in [6, 6.07) is 6.51. The van der Waals surface area contributed by atoms with Gasteiger partial charge in [0, 0.05) is 31.9 Å². The van der Waals surface area contributed by atoms with Crippen molar-refractivity contribution in [2.75, 3.05) is 44.7 Å². The minimum absolute atomic E-state index is 0. The molecule has 0 spiro atoms. The summed E-state index contributed by atoms with van der Waals surface area (Å²) in [5.74, 6) is 0.514. The third-order valence-corrected chi connectivity index (χ3v) is 4.39. The molecule has 3 N–H and O–H groups in total. The zero-order chi connectivity index (χ0) is 15.2. The number of hydrogen-bond donors (Lipinski definition) is 2. The first-order valence-corrected chi connectivity index (χ1v) is 8.30. The number of aryl methyl sites for hydroxylation is 2. The molecule has 0 unspecified atom stereocenters. The van der Waals surface area contributed by atoms with Gasteiger partial charge in [0.25, 0.3) is 0 Å². The van der Waals surface area contributed by atoms with Gasteiger partial charge in [-0.25, -0.2) is 0 Å². The van der Waals surface area contributed by atoms with Crippen LogP contribution in [-0.2, 0) is 17.6 Å². The predicted molar refractivity (Wildman–Crippen MR) is 106 cm³/mol. The van der Waals surface area contributed by atoms with E-state index in [1.54, 1.807) is 0 Å². The number of rotatable bonds is 5. The van der Waals surface area contributed by atoms with E-state index in [-0.39, 0.29) is 24.0 Å². The zero-order valence-electron chi connectivity index (χ0n) is 13.6. The number of fused-ring (bicyclic) bond motifs is 1. The van der Waals surface area contributed by atoms with E-state index in [0.717, 1.165) is 51.5 Å². The highest BCUT2D eigenvalue weighted by Gasteiger charge is 2.11. The van der Waals surface area contributed by atoms with Crippen LogP contribution in [0, 0.1) is 0 Å². The second-order valence-corrected chi connectivity index (χ2v) is 6.04. The van der Waals surface area contributed by atoms with E-state index in [1.165, 1.54) is 30.4 Å². The molecule has 0 atom stereocenters. The van der Waals surface area contributed by atoms with Gasteiger partial charge in [0.05, 0.1) is 13.2 Å². The van der Waals surface area contributed by atoms with Crippen LogP contribution in [0.15, 0.2) is 23.2 Å². The molecule has 1 aromatic carbocycles. The number of nitrogens with two attached hydrogens (primary N) is 1. The minimum atomic E-state index is 0. The van der Waals surface area contributed by atoms with Crippen molar-refractivity contribution in [2.24, 2.45) is 10.7 Å². The lowest BCUT2D eigenvalue weighted by Gasteiger charge is -2.26. The zero-order valence-corrected chi connectivity index (χ0v) is 15.9. The van der Waals surface area contributed by atoms with Gasteiger partial charge < -0.3 is 15.8 Å². The van der Waals surface area contributed by atoms with Crippen LogP contribution in [-0.4, -0.2) is 50.3 Å². The van der Waals surface area contributed by atoms with E-state index in [4.69, 9.17) is 10.5 Å². The molecule has 0 radical (unpaired) electrons. The van der Waals surface area contributed by atoms with Gasteiger partial charge >= 0.3 is 0 Å². The van der Waals surface area contributed by atoms with Gasteiger partial charge in [-0.2, -0.15) is 0 Å². The monoisotopic (exact) mass is 430 g/mol. The number of benzene rings is 1. The molecule has 1 fully saturated rings. The first-order chi connectivity index (χ1) is 10.8. The summed E-state index contributed by atoms with van der Waals surface area (Å²) in [4.78, 5) is 6.84. The maximum absolute atomic E-state index is 5.98. The molecule has 1 aliphatic carbocycles. The van der Waals surface area contributed by atoms with Crippen LogP contribution in [0.3, 0.4) is 0 Å². The Morgan fingerprint density at radius 1 is 1.22 bits per heavy atom. The van der Waals surface area contributed by atoms with Gasteiger partial charge in [-0.1, -0.05) is 6.07 Å². The Labute approximate surface area is 155 Å². The van der Waals surface area contributed by atoms with E-state index in [9.17, 15) is 0 Å². The Hall–Kier alpha value is -0.860. The van der Waals surface area contributed by atoms with E-state index < -0.39 is 0 Å². The average Bonchev–Trinajstić information content (AvgIpc) is 3.00. The lowest BCUT2D eigenvalue weighted by atomic mass is 10.1. The highest BCUT2D eigenvalue weighted by Crippen LogP contribution is 2.24. The number of hydrogen-bond acceptors (Lipinski definition) is 3. The van der Waals surface area contributed by atoms with Gasteiger partial charge in [-0.05, 0) is 48.9 Å². The van der Waals surface area contributed by atoms with Gasteiger partial charge in [-0.3, -0.25) is 9.89 Å². The summed E-state index contributed by atoms with van der Waals surface area (Å²) in [5.41, 5.74) is 9.95. The standard InChI is InChI=1S/C17H26N4O.HI/c18-17(19-7-2-8-21-9-11-22-12-10-21)20-16-6-5-14-3-1-4-15(14)13-16;/h5-6,13H,1-4,7-12H2,(H3,18,19,20);1H. The maximum atomic E-state index is 5.98. The Bertz CT molecular complexity index is 529. The van der Waals surface area contributed by atoms with Gasteiger partial charge in [0.1, 0.15) is 0 Å². The number of guanidine groups is 1. The number of morpholine rings is 1. The van der Waals surface area contributed by atoms with Crippen LogP contribution in [0.4, 0.5) is 5.69 Å². The van der Waals surface area contributed by atoms with Crippen molar-refractivity contribution in [1.29, 1.82) is 0 Å². The van der Waals surface area contributed by atoms with Crippen LogP contribution in [0.5, 0.6) is 0 Å². The first kappa shape index (κ1) is 18.5. The van der Waals surface area contributed by atoms with E-state index in [0.29, 0.717) is 5.96 Å². The molecular formula is C17H27IN4O. The van der Waals surface area contributed by atoms with Gasteiger partial charge in [0.2, 0.25) is 0 Å². The van der Waals surface area contributed by atoms with Crippen molar-refractivity contribution in [1.82, 2.24) is 4.90 Å². The van der Waals surface area contributed by atoms with Gasteiger partial charge in [0.15, 0.2) is 5.96 Å². The second kappa shape index (κ2) is 9.44. The topological polar surface area (TPSA) is 62.9 Å². The predicted octanol–water partition coefficient (Wildman–Crippen LogP) is 2.24. The van der Waals surface area contributed by atoms with Crippen LogP contribution in [0.25, 0.3) is 0 Å². The third-order valence-electron chi connectivity index (χ3n) is 4.39. The van der Waals surface area contributed by atoms with Crippen molar-refractivity contribution in [3.8, 4) is 0 Å². The van der Waals surface area contributed by atoms with Crippen LogP contribution in [0.2, 0.25) is 0 Å². The Morgan fingerprint density at radius 3 is 2.83 bits per heavy atom. The molecule has 5 nitrogen and oxygen atoms in total. The molecule has 1 heterocycles. The van der Waals surface area contributed by atoms with Crippen molar-refractivity contribution in [3.63, 3.8) is 0 Å². The SMILES string of the molecule is I.NC(=NCCCN1CCOCC1)Nc1ccc2c(c1)CCC2. The number of ether oxygens (including phenoxy) is 1. The van der Waals surface area contributed by atoms with E-state index in [2.05, 4.69) is 33.4 Å². The smallest absolute Gasteiger partial charge is 0.193 e. The molecule has 1 aromatic rings. The summed E-state index contributed by atoms with van der Waals surface area (Å²) in [5, 5.41) is 3.20. The number of nitrogens with one attached hydrogen (secondary N) is 1. The fraction of sp³-hybridized carbons (Fsp3) is 0.588. The highest BCUT2D eigenvalue weighted by molar-refractivity contribution is 14.0. The molecule has 1 aliphatic heterocycles. The Kier molecular flexibility index (Phi) is 7.58. The molecule has 128 valence electrons. The van der Waals surface area contributed by atoms with Crippen molar-refractivity contribution in [3.05, 3.63) is 29.3 Å². The molecule has 0 bridgehead atoms. The lowest BCUT2D eigenvalue weighted by Crippen LogP contribution is -2.37. The maximum Gasteiger partial charge on any atom is 0.193 e. The molecule has 0 aromatic heterocycles. The second-order valence-electron chi connectivity index (χ2n) is 6.04. The molecule has 23 heavy (non-hydrogen) atoms. The largest absolute Gasteiger partial charge is 0.379 e. The summed E-state index contributed by atoms with van der Waals surface area (Å²) >= 11 is 0. The van der Waals surface area contributed by atoms with Crippen LogP contribution in [0.1, 0.15) is 24.0 Å². The lowest BCUT2D eigenvalue weighted by molar-refractivity contribution is 0.0377. The number of anilines is 1. The van der Waals surface area contributed by atoms with Gasteiger partial charge in [-0.15, -0.1) is 24.0 Å². The highest BCUT2D eigenvalue weighted by atomic mass is 127. The van der Waals surface area contributed by atoms with E-state index in [1.807, 2.05) is 0 Å². The number of nitrogens with zero attached hydrogens (tertiary/aromatic N) is 2. The summed E-state index contributed by atoms with van der Waals surface area (Å²) < 4.78 is 5.34. The fourth-order valence-electron chi connectivity index (χ4n) is 3.16. The summed E-state index contributed by atoms with van der Waals surface area (Å²) in [7, 11) is 0. The fourth-order valence-corrected chi connectivity index (χ4v) is 3.16. The van der Waals surface area contributed by atoms with Crippen LogP contribution < -0.4 is 11.1 Å². The van der Waals surface area contributed by atoms with E-state index >= 15 is 0 Å². The molecule has 0 amide bonds. The molecule has 0 saturated carbocycles. The first-order valence-electron chi connectivity index (χ1n) is 8.30. The molecule has 6 heteroatoms. The molecule has 3 rings (SSSR count). The number of halogens is 1.